The van der Waals surface area contributed by atoms with E-state index in [0.717, 1.165) is 49.0 Å². The number of nitrogens with one attached hydrogen (secondary N) is 2. The number of amides is 1. The molecule has 6 heteroatoms. The number of carbonyl (C=O) groups excluding carboxylic acids is 1. The Morgan fingerprint density at radius 1 is 1.11 bits per heavy atom. The quantitative estimate of drug-likeness (QED) is 0.716. The highest BCUT2D eigenvalue weighted by molar-refractivity contribution is 6.36. The van der Waals surface area contributed by atoms with Gasteiger partial charge in [-0.15, -0.1) is 12.4 Å². The zero-order chi connectivity index (χ0) is 18.1. The molecule has 2 aliphatic rings. The summed E-state index contributed by atoms with van der Waals surface area (Å²) in [5, 5.41) is 7.76. The molecule has 2 aromatic carbocycles. The van der Waals surface area contributed by atoms with Crippen LogP contribution in [0.3, 0.4) is 0 Å². The first-order chi connectivity index (χ1) is 12.6. The highest BCUT2D eigenvalue weighted by atomic mass is 35.5. The largest absolute Gasteiger partial charge is 0.352 e. The lowest BCUT2D eigenvalue weighted by Gasteiger charge is -2.23. The summed E-state index contributed by atoms with van der Waals surface area (Å²) in [6.07, 6.45) is 3.26. The molecule has 1 atom stereocenters. The summed E-state index contributed by atoms with van der Waals surface area (Å²) >= 11 is 12.4. The molecule has 1 heterocycles. The molecule has 3 nitrogen and oxygen atoms in total. The molecule has 0 aromatic heterocycles. The van der Waals surface area contributed by atoms with E-state index in [2.05, 4.69) is 10.6 Å². The maximum atomic E-state index is 12.6. The van der Waals surface area contributed by atoms with E-state index in [9.17, 15) is 4.79 Å². The molecule has 2 N–H and O–H groups in total. The highest BCUT2D eigenvalue weighted by Crippen LogP contribution is 2.58. The van der Waals surface area contributed by atoms with Gasteiger partial charge in [-0.2, -0.15) is 0 Å². The van der Waals surface area contributed by atoms with Crippen LogP contribution in [0, 0.1) is 11.3 Å². The van der Waals surface area contributed by atoms with Crippen molar-refractivity contribution in [3.05, 3.63) is 58.1 Å². The first kappa shape index (κ1) is 20.5. The summed E-state index contributed by atoms with van der Waals surface area (Å²) in [6, 6.07) is 13.5. The third kappa shape index (κ3) is 4.27. The van der Waals surface area contributed by atoms with Gasteiger partial charge in [-0.3, -0.25) is 4.79 Å². The molecule has 1 aliphatic heterocycles. The molecule has 2 aromatic rings. The molecular weight excluding hydrogens is 403 g/mol. The number of hydrogen-bond acceptors (Lipinski definition) is 2. The Morgan fingerprint density at radius 2 is 1.85 bits per heavy atom. The third-order valence-corrected chi connectivity index (χ3v) is 6.35. The van der Waals surface area contributed by atoms with Gasteiger partial charge < -0.3 is 10.6 Å². The lowest BCUT2D eigenvalue weighted by molar-refractivity contribution is -0.123. The Morgan fingerprint density at radius 3 is 2.59 bits per heavy atom. The van der Waals surface area contributed by atoms with Crippen LogP contribution in [0.4, 0.5) is 0 Å². The molecule has 1 amide bonds. The molecule has 1 aliphatic carbocycles. The summed E-state index contributed by atoms with van der Waals surface area (Å²) in [7, 11) is 0. The predicted molar refractivity (Wildman–Crippen MR) is 114 cm³/mol. The zero-order valence-electron chi connectivity index (χ0n) is 14.9. The summed E-state index contributed by atoms with van der Waals surface area (Å²) in [6.45, 7) is 2.57. The number of benzene rings is 2. The van der Waals surface area contributed by atoms with Crippen molar-refractivity contribution in [3.63, 3.8) is 0 Å². The van der Waals surface area contributed by atoms with Crippen molar-refractivity contribution in [2.45, 2.75) is 25.8 Å². The van der Waals surface area contributed by atoms with Crippen LogP contribution in [0.25, 0.3) is 11.1 Å². The second-order valence-electron chi connectivity index (χ2n) is 7.37. The van der Waals surface area contributed by atoms with Crippen LogP contribution in [0.5, 0.6) is 0 Å². The molecule has 0 radical (unpaired) electrons. The molecule has 27 heavy (non-hydrogen) atoms. The fourth-order valence-corrected chi connectivity index (χ4v) is 4.66. The molecule has 1 spiro atoms. The SMILES string of the molecule is Cl.O=C(NCc1ccccc1-c1ccc(Cl)cc1Cl)C1CC12CCNCC2. The molecule has 1 saturated carbocycles. The molecule has 4 rings (SSSR count). The molecule has 0 bridgehead atoms. The molecule has 1 saturated heterocycles. The van der Waals surface area contributed by atoms with Crippen LogP contribution in [0.2, 0.25) is 10.0 Å². The van der Waals surface area contributed by atoms with Crippen LogP contribution < -0.4 is 10.6 Å². The van der Waals surface area contributed by atoms with Crippen LogP contribution in [0.1, 0.15) is 24.8 Å². The number of carbonyl (C=O) groups is 1. The smallest absolute Gasteiger partial charge is 0.223 e. The first-order valence-corrected chi connectivity index (χ1v) is 9.86. The van der Waals surface area contributed by atoms with Gasteiger partial charge in [0.05, 0.1) is 0 Å². The minimum absolute atomic E-state index is 0. The van der Waals surface area contributed by atoms with Crippen molar-refractivity contribution in [2.24, 2.45) is 11.3 Å². The Bertz CT molecular complexity index is 834. The fraction of sp³-hybridized carbons (Fsp3) is 0.381. The van der Waals surface area contributed by atoms with E-state index in [0.29, 0.717) is 16.6 Å². The average Bonchev–Trinajstić information content (AvgIpc) is 3.34. The van der Waals surface area contributed by atoms with Gasteiger partial charge in [-0.05, 0) is 61.0 Å². The minimum atomic E-state index is 0. The van der Waals surface area contributed by atoms with Gasteiger partial charge in [0.1, 0.15) is 0 Å². The van der Waals surface area contributed by atoms with Gasteiger partial charge >= 0.3 is 0 Å². The highest BCUT2D eigenvalue weighted by Gasteiger charge is 2.57. The minimum Gasteiger partial charge on any atom is -0.352 e. The lowest BCUT2D eigenvalue weighted by Crippen LogP contribution is -2.33. The van der Waals surface area contributed by atoms with E-state index in [1.54, 1.807) is 6.07 Å². The monoisotopic (exact) mass is 424 g/mol. The Kier molecular flexibility index (Phi) is 6.37. The maximum Gasteiger partial charge on any atom is 0.223 e. The van der Waals surface area contributed by atoms with Gasteiger partial charge in [0.15, 0.2) is 0 Å². The number of hydrogen-bond donors (Lipinski definition) is 2. The lowest BCUT2D eigenvalue weighted by atomic mass is 9.91. The third-order valence-electron chi connectivity index (χ3n) is 5.80. The van der Waals surface area contributed by atoms with Gasteiger partial charge in [-0.1, -0.05) is 53.5 Å². The standard InChI is InChI=1S/C21H22Cl2N2O.ClH/c22-15-5-6-17(19(23)11-15)16-4-2-1-3-14(16)13-25-20(26)18-12-21(18)7-9-24-10-8-21;/h1-6,11,18,24H,7-10,12-13H2,(H,25,26);1H. The van der Waals surface area contributed by atoms with Gasteiger partial charge in [0, 0.05) is 28.1 Å². The Balaban J connectivity index is 0.00000210. The second-order valence-corrected chi connectivity index (χ2v) is 8.21. The number of halogens is 3. The van der Waals surface area contributed by atoms with E-state index in [4.69, 9.17) is 23.2 Å². The van der Waals surface area contributed by atoms with Crippen LogP contribution in [0.15, 0.2) is 42.5 Å². The number of rotatable bonds is 4. The van der Waals surface area contributed by atoms with Crippen molar-refractivity contribution in [1.29, 1.82) is 0 Å². The zero-order valence-corrected chi connectivity index (χ0v) is 17.3. The fourth-order valence-electron chi connectivity index (χ4n) is 4.15. The topological polar surface area (TPSA) is 41.1 Å². The van der Waals surface area contributed by atoms with E-state index in [1.807, 2.05) is 36.4 Å². The van der Waals surface area contributed by atoms with Crippen molar-refractivity contribution in [2.75, 3.05) is 13.1 Å². The van der Waals surface area contributed by atoms with Crippen LogP contribution in [-0.4, -0.2) is 19.0 Å². The average molecular weight is 426 g/mol. The van der Waals surface area contributed by atoms with Crippen LogP contribution >= 0.6 is 35.6 Å². The molecule has 2 fully saturated rings. The van der Waals surface area contributed by atoms with Gasteiger partial charge in [-0.25, -0.2) is 0 Å². The normalized spacial score (nSPS) is 20.0. The second kappa shape index (κ2) is 8.40. The first-order valence-electron chi connectivity index (χ1n) is 9.11. The van der Waals surface area contributed by atoms with Crippen molar-refractivity contribution >= 4 is 41.5 Å². The maximum absolute atomic E-state index is 12.6. The van der Waals surface area contributed by atoms with Crippen molar-refractivity contribution in [1.82, 2.24) is 10.6 Å². The Hall–Kier alpha value is -1.26. The van der Waals surface area contributed by atoms with E-state index >= 15 is 0 Å². The van der Waals surface area contributed by atoms with E-state index < -0.39 is 0 Å². The summed E-state index contributed by atoms with van der Waals surface area (Å²) in [5.41, 5.74) is 3.28. The van der Waals surface area contributed by atoms with E-state index in [1.165, 1.54) is 0 Å². The van der Waals surface area contributed by atoms with Gasteiger partial charge in [0.25, 0.3) is 0 Å². The number of piperidine rings is 1. The summed E-state index contributed by atoms with van der Waals surface area (Å²) < 4.78 is 0. The summed E-state index contributed by atoms with van der Waals surface area (Å²) in [4.78, 5) is 12.6. The molecule has 144 valence electrons. The van der Waals surface area contributed by atoms with E-state index in [-0.39, 0.29) is 29.6 Å². The Labute approximate surface area is 176 Å². The molecule has 1 unspecified atom stereocenters. The van der Waals surface area contributed by atoms with Crippen molar-refractivity contribution in [3.8, 4) is 11.1 Å². The van der Waals surface area contributed by atoms with Crippen LogP contribution in [-0.2, 0) is 11.3 Å². The summed E-state index contributed by atoms with van der Waals surface area (Å²) in [5.74, 6) is 0.361. The van der Waals surface area contributed by atoms with Crippen molar-refractivity contribution < 1.29 is 4.79 Å². The molecular formula is C21H23Cl3N2O. The predicted octanol–water partition coefficient (Wildman–Crippen LogP) is 5.09. The van der Waals surface area contributed by atoms with Gasteiger partial charge in [0.2, 0.25) is 5.91 Å².